The fraction of sp³-hybridized carbons (Fsp3) is 0.438. The van der Waals surface area contributed by atoms with Gasteiger partial charge in [-0.1, -0.05) is 26.7 Å². The molecular formula is C16H22N4O. The van der Waals surface area contributed by atoms with Crippen molar-refractivity contribution in [2.75, 3.05) is 5.73 Å². The van der Waals surface area contributed by atoms with E-state index in [0.29, 0.717) is 11.1 Å². The van der Waals surface area contributed by atoms with Gasteiger partial charge in [0, 0.05) is 12.7 Å². The van der Waals surface area contributed by atoms with E-state index < -0.39 is 0 Å². The Kier molecular flexibility index (Phi) is 3.49. The van der Waals surface area contributed by atoms with Crippen molar-refractivity contribution in [3.8, 4) is 5.75 Å². The minimum atomic E-state index is 0.276. The number of nitrogens with two attached hydrogens (primary N) is 1. The molecule has 2 heterocycles. The molecule has 1 aromatic carbocycles. The van der Waals surface area contributed by atoms with E-state index in [0.717, 1.165) is 41.5 Å². The monoisotopic (exact) mass is 286 g/mol. The SMILES string of the molecule is CCCCCn1[nH]cc2c(N)c3c(O)c(CC)cc3nc21. The second kappa shape index (κ2) is 5.31. The molecule has 0 aliphatic heterocycles. The predicted molar refractivity (Wildman–Crippen MR) is 86.6 cm³/mol. The third kappa shape index (κ3) is 2.13. The summed E-state index contributed by atoms with van der Waals surface area (Å²) in [4.78, 5) is 4.70. The van der Waals surface area contributed by atoms with Crippen molar-refractivity contribution >= 4 is 27.6 Å². The molecule has 4 N–H and O–H groups in total. The predicted octanol–water partition coefficient (Wildman–Crippen LogP) is 3.56. The highest BCUT2D eigenvalue weighted by Crippen LogP contribution is 2.38. The van der Waals surface area contributed by atoms with Gasteiger partial charge < -0.3 is 15.9 Å². The van der Waals surface area contributed by atoms with Gasteiger partial charge in [-0.25, -0.2) is 4.98 Å². The summed E-state index contributed by atoms with van der Waals surface area (Å²) in [6, 6.07) is 1.93. The van der Waals surface area contributed by atoms with E-state index in [1.807, 2.05) is 23.9 Å². The summed E-state index contributed by atoms with van der Waals surface area (Å²) in [6.07, 6.45) is 6.15. The lowest BCUT2D eigenvalue weighted by molar-refractivity contribution is 0.477. The van der Waals surface area contributed by atoms with E-state index in [1.165, 1.54) is 12.8 Å². The first-order valence-electron chi connectivity index (χ1n) is 7.65. The van der Waals surface area contributed by atoms with Crippen molar-refractivity contribution in [1.82, 2.24) is 14.8 Å². The van der Waals surface area contributed by atoms with Gasteiger partial charge in [-0.05, 0) is 24.5 Å². The van der Waals surface area contributed by atoms with Crippen LogP contribution < -0.4 is 5.73 Å². The molecular weight excluding hydrogens is 264 g/mol. The van der Waals surface area contributed by atoms with Crippen LogP contribution in [0.25, 0.3) is 21.9 Å². The summed E-state index contributed by atoms with van der Waals surface area (Å²) >= 11 is 0. The number of aryl methyl sites for hydroxylation is 2. The number of nitrogen functional groups attached to an aromatic ring is 1. The van der Waals surface area contributed by atoms with Crippen molar-refractivity contribution in [1.29, 1.82) is 0 Å². The highest BCUT2D eigenvalue weighted by molar-refractivity contribution is 6.09. The van der Waals surface area contributed by atoms with E-state index in [2.05, 4.69) is 12.0 Å². The number of nitrogens with zero attached hydrogens (tertiary/aromatic N) is 2. The summed E-state index contributed by atoms with van der Waals surface area (Å²) < 4.78 is 2.04. The van der Waals surface area contributed by atoms with Crippen molar-refractivity contribution < 1.29 is 5.11 Å². The highest BCUT2D eigenvalue weighted by Gasteiger charge is 2.17. The minimum absolute atomic E-state index is 0.276. The Balaban J connectivity index is 2.15. The van der Waals surface area contributed by atoms with Crippen LogP contribution >= 0.6 is 0 Å². The van der Waals surface area contributed by atoms with Crippen molar-refractivity contribution in [2.24, 2.45) is 0 Å². The normalized spacial score (nSPS) is 11.7. The molecule has 0 atom stereocenters. The van der Waals surface area contributed by atoms with Gasteiger partial charge >= 0.3 is 0 Å². The zero-order valence-electron chi connectivity index (χ0n) is 12.6. The molecule has 3 rings (SSSR count). The zero-order chi connectivity index (χ0) is 15.0. The summed E-state index contributed by atoms with van der Waals surface area (Å²) in [7, 11) is 0. The molecule has 2 aromatic heterocycles. The van der Waals surface area contributed by atoms with E-state index in [-0.39, 0.29) is 5.75 Å². The third-order valence-electron chi connectivity index (χ3n) is 4.12. The fourth-order valence-electron chi connectivity index (χ4n) is 2.88. The molecule has 5 heteroatoms. The molecule has 5 nitrogen and oxygen atoms in total. The first-order valence-corrected chi connectivity index (χ1v) is 7.65. The number of aromatic nitrogens is 3. The van der Waals surface area contributed by atoms with Gasteiger partial charge in [-0.3, -0.25) is 4.68 Å². The first-order chi connectivity index (χ1) is 10.2. The van der Waals surface area contributed by atoms with Gasteiger partial charge in [0.25, 0.3) is 0 Å². The van der Waals surface area contributed by atoms with Crippen LogP contribution in [0.4, 0.5) is 5.69 Å². The van der Waals surface area contributed by atoms with Gasteiger partial charge in [0.15, 0.2) is 5.65 Å². The van der Waals surface area contributed by atoms with E-state index in [9.17, 15) is 5.11 Å². The summed E-state index contributed by atoms with van der Waals surface area (Å²) in [5.74, 6) is 0.276. The molecule has 0 aliphatic rings. The Labute approximate surface area is 123 Å². The second-order valence-electron chi connectivity index (χ2n) is 5.53. The Hall–Kier alpha value is -2.17. The van der Waals surface area contributed by atoms with E-state index in [1.54, 1.807) is 0 Å². The average Bonchev–Trinajstić information content (AvgIpc) is 3.02. The molecule has 0 radical (unpaired) electrons. The number of H-pyrrole nitrogens is 1. The number of pyridine rings is 1. The maximum absolute atomic E-state index is 10.3. The lowest BCUT2D eigenvalue weighted by atomic mass is 10.2. The maximum Gasteiger partial charge on any atom is 0.158 e. The number of unbranched alkanes of at least 4 members (excludes halogenated alkanes) is 2. The van der Waals surface area contributed by atoms with Crippen molar-refractivity contribution in [2.45, 2.75) is 46.1 Å². The van der Waals surface area contributed by atoms with Crippen LogP contribution in [-0.4, -0.2) is 19.9 Å². The first kappa shape index (κ1) is 13.8. The Morgan fingerprint density at radius 3 is 2.86 bits per heavy atom. The van der Waals surface area contributed by atoms with Gasteiger partial charge in [-0.15, -0.1) is 0 Å². The van der Waals surface area contributed by atoms with Crippen LogP contribution in [0, 0.1) is 0 Å². The molecule has 0 unspecified atom stereocenters. The van der Waals surface area contributed by atoms with Gasteiger partial charge in [0.1, 0.15) is 5.75 Å². The van der Waals surface area contributed by atoms with Gasteiger partial charge in [0.2, 0.25) is 0 Å². The van der Waals surface area contributed by atoms with Crippen LogP contribution in [0.2, 0.25) is 0 Å². The zero-order valence-corrected chi connectivity index (χ0v) is 12.6. The second-order valence-corrected chi connectivity index (χ2v) is 5.53. The Bertz CT molecular complexity index is 785. The topological polar surface area (TPSA) is 79.9 Å². The molecule has 21 heavy (non-hydrogen) atoms. The minimum Gasteiger partial charge on any atom is -0.507 e. The number of hydrogen-bond acceptors (Lipinski definition) is 3. The van der Waals surface area contributed by atoms with Crippen LogP contribution in [-0.2, 0) is 13.0 Å². The van der Waals surface area contributed by atoms with E-state index >= 15 is 0 Å². The third-order valence-corrected chi connectivity index (χ3v) is 4.12. The highest BCUT2D eigenvalue weighted by atomic mass is 16.3. The smallest absolute Gasteiger partial charge is 0.158 e. The number of nitrogens with one attached hydrogen (secondary N) is 1. The molecule has 0 saturated carbocycles. The van der Waals surface area contributed by atoms with Crippen LogP contribution in [0.1, 0.15) is 38.7 Å². The molecule has 0 amide bonds. The quantitative estimate of drug-likeness (QED) is 0.627. The van der Waals surface area contributed by atoms with Gasteiger partial charge in [-0.2, -0.15) is 0 Å². The van der Waals surface area contributed by atoms with Crippen molar-refractivity contribution in [3.63, 3.8) is 0 Å². The maximum atomic E-state index is 10.3. The number of anilines is 1. The number of aromatic amines is 1. The largest absolute Gasteiger partial charge is 0.507 e. The molecule has 112 valence electrons. The lowest BCUT2D eigenvalue weighted by Crippen LogP contribution is -2.01. The molecule has 0 fully saturated rings. The number of fused-ring (bicyclic) bond motifs is 2. The summed E-state index contributed by atoms with van der Waals surface area (Å²) in [6.45, 7) is 5.11. The van der Waals surface area contributed by atoms with E-state index in [4.69, 9.17) is 10.7 Å². The number of hydrogen-bond donors (Lipinski definition) is 3. The number of aromatic hydroxyl groups is 1. The lowest BCUT2D eigenvalue weighted by Gasteiger charge is -2.05. The van der Waals surface area contributed by atoms with Crippen LogP contribution in [0.3, 0.4) is 0 Å². The van der Waals surface area contributed by atoms with Crippen LogP contribution in [0.15, 0.2) is 12.3 Å². The van der Waals surface area contributed by atoms with Crippen molar-refractivity contribution in [3.05, 3.63) is 17.8 Å². The molecule has 0 spiro atoms. The molecule has 0 saturated heterocycles. The Morgan fingerprint density at radius 1 is 1.33 bits per heavy atom. The number of rotatable bonds is 5. The molecule has 0 aliphatic carbocycles. The molecule has 0 bridgehead atoms. The van der Waals surface area contributed by atoms with Crippen LogP contribution in [0.5, 0.6) is 5.75 Å². The molecule has 3 aromatic rings. The fourth-order valence-corrected chi connectivity index (χ4v) is 2.88. The standard InChI is InChI=1S/C16H22N4O/c1-3-5-6-7-20-16-11(9-18-20)14(17)13-12(19-16)8-10(4-2)15(13)21/h8-9,18,21H,3-7,17H2,1-2H3. The Morgan fingerprint density at radius 2 is 2.14 bits per heavy atom. The van der Waals surface area contributed by atoms with Gasteiger partial charge in [0.05, 0.1) is 22.0 Å². The average molecular weight is 286 g/mol. The summed E-state index contributed by atoms with van der Waals surface area (Å²) in [5.41, 5.74) is 9.41. The summed E-state index contributed by atoms with van der Waals surface area (Å²) in [5, 5.41) is 15.0.